The van der Waals surface area contributed by atoms with Crippen molar-refractivity contribution < 1.29 is 16.8 Å². The Morgan fingerprint density at radius 3 is 2.42 bits per heavy atom. The number of sulfonamides is 1. The molecule has 0 atom stereocenters. The number of fused-ring (bicyclic) bond motifs is 1. The molecule has 0 unspecified atom stereocenters. The van der Waals surface area contributed by atoms with Crippen LogP contribution in [-0.2, 0) is 19.9 Å². The van der Waals surface area contributed by atoms with E-state index in [0.29, 0.717) is 22.2 Å². The van der Waals surface area contributed by atoms with Crippen LogP contribution in [0.4, 0.5) is 5.95 Å². The molecule has 0 radical (unpaired) electrons. The minimum absolute atomic E-state index is 0.106. The van der Waals surface area contributed by atoms with Gasteiger partial charge in [0.1, 0.15) is 4.90 Å². The fourth-order valence-electron chi connectivity index (χ4n) is 4.09. The van der Waals surface area contributed by atoms with Gasteiger partial charge in [-0.3, -0.25) is 0 Å². The molecule has 1 saturated carbocycles. The molecule has 4 aromatic rings. The van der Waals surface area contributed by atoms with Crippen molar-refractivity contribution in [1.29, 1.82) is 0 Å². The van der Waals surface area contributed by atoms with Crippen LogP contribution in [0.25, 0.3) is 33.5 Å². The van der Waals surface area contributed by atoms with Gasteiger partial charge < -0.3 is 16.5 Å². The summed E-state index contributed by atoms with van der Waals surface area (Å²) in [5, 5.41) is 18.3. The van der Waals surface area contributed by atoms with Gasteiger partial charge in [-0.25, -0.2) is 27.0 Å². The summed E-state index contributed by atoms with van der Waals surface area (Å²) in [7, 11) is -8.64. The van der Waals surface area contributed by atoms with Crippen LogP contribution in [0.15, 0.2) is 40.1 Å². The maximum atomic E-state index is 13.3. The van der Waals surface area contributed by atoms with E-state index < -0.39 is 34.9 Å². The zero-order valence-electron chi connectivity index (χ0n) is 16.9. The lowest BCUT2D eigenvalue weighted by atomic mass is 9.93. The third-order valence-corrected chi connectivity index (χ3v) is 9.01. The highest BCUT2D eigenvalue weighted by Crippen LogP contribution is 2.43. The van der Waals surface area contributed by atoms with E-state index in [2.05, 4.69) is 30.6 Å². The average molecular weight is 490 g/mol. The minimum Gasteiger partial charge on any atom is -0.369 e. The number of aromatic nitrogens is 6. The number of H-pyrrole nitrogens is 2. The van der Waals surface area contributed by atoms with Crippen LogP contribution in [-0.4, -0.2) is 58.7 Å². The number of tetrazole rings is 1. The van der Waals surface area contributed by atoms with Crippen molar-refractivity contribution in [1.82, 2.24) is 30.6 Å². The van der Waals surface area contributed by atoms with Gasteiger partial charge in [0.15, 0.2) is 15.8 Å². The van der Waals surface area contributed by atoms with Gasteiger partial charge in [-0.1, -0.05) is 18.2 Å². The van der Waals surface area contributed by atoms with E-state index in [1.807, 2.05) is 0 Å². The number of imidazole rings is 1. The van der Waals surface area contributed by atoms with E-state index in [4.69, 9.17) is 16.6 Å². The fraction of sp³-hybridized carbons (Fsp3) is 0.222. The van der Waals surface area contributed by atoms with Crippen molar-refractivity contribution in [3.63, 3.8) is 0 Å². The molecule has 0 bridgehead atoms. The standard InChI is InChI=1S/C18H19N9O4S2/c19-8-6-9(7-8)32(28,29)13-5-4-10(11-2-1-3-12-15(11)23-18(20)22-12)14(16(13)33(21,30)31)17-24-26-27-25-17/h1-5,8-9H,6-7,19H2,(H3,20,22,23)(H2,21,30,31)(H,24,25,26,27). The van der Waals surface area contributed by atoms with Crippen molar-refractivity contribution in [3.05, 3.63) is 30.3 Å². The Labute approximate surface area is 187 Å². The molecule has 0 amide bonds. The maximum Gasteiger partial charge on any atom is 0.240 e. The van der Waals surface area contributed by atoms with Crippen LogP contribution in [0.5, 0.6) is 0 Å². The number of nitrogens with one attached hydrogen (secondary N) is 2. The highest BCUT2D eigenvalue weighted by molar-refractivity contribution is 7.94. The zero-order valence-corrected chi connectivity index (χ0v) is 18.6. The SMILES string of the molecule is Nc1nc2c(-c3ccc(S(=O)(=O)C4CC(N)C4)c(S(N)(=O)=O)c3-c3nn[nH]n3)cccc2[nH]1. The predicted octanol–water partition coefficient (Wildman–Crippen LogP) is -0.0970. The molecule has 0 aliphatic heterocycles. The summed E-state index contributed by atoms with van der Waals surface area (Å²) in [6.45, 7) is 0. The van der Waals surface area contributed by atoms with E-state index >= 15 is 0 Å². The van der Waals surface area contributed by atoms with Crippen LogP contribution in [0, 0.1) is 0 Å². The first-order valence-corrected chi connectivity index (χ1v) is 12.8. The minimum atomic E-state index is -4.57. The molecule has 1 fully saturated rings. The first-order valence-electron chi connectivity index (χ1n) is 9.75. The molecule has 13 nitrogen and oxygen atoms in total. The zero-order chi connectivity index (χ0) is 23.5. The number of sulfone groups is 1. The van der Waals surface area contributed by atoms with Crippen molar-refractivity contribution >= 4 is 36.8 Å². The highest BCUT2D eigenvalue weighted by Gasteiger charge is 2.41. The number of hydrogen-bond donors (Lipinski definition) is 5. The molecule has 2 aromatic heterocycles. The Morgan fingerprint density at radius 2 is 1.79 bits per heavy atom. The number of hydrogen-bond acceptors (Lipinski definition) is 10. The van der Waals surface area contributed by atoms with Crippen molar-refractivity contribution in [2.75, 3.05) is 5.73 Å². The second kappa shape index (κ2) is 7.31. The second-order valence-corrected chi connectivity index (χ2v) is 11.5. The number of rotatable bonds is 5. The monoisotopic (exact) mass is 489 g/mol. The molecule has 2 heterocycles. The molecule has 172 valence electrons. The summed E-state index contributed by atoms with van der Waals surface area (Å²) >= 11 is 0. The molecule has 1 aliphatic rings. The molecular weight excluding hydrogens is 470 g/mol. The van der Waals surface area contributed by atoms with Gasteiger partial charge in [0, 0.05) is 11.6 Å². The number of nitrogens with zero attached hydrogens (tertiary/aromatic N) is 4. The second-order valence-electron chi connectivity index (χ2n) is 7.82. The number of para-hydroxylation sites is 1. The Balaban J connectivity index is 1.88. The lowest BCUT2D eigenvalue weighted by Gasteiger charge is -2.32. The van der Waals surface area contributed by atoms with Gasteiger partial charge in [-0.05, 0) is 35.8 Å². The van der Waals surface area contributed by atoms with Crippen LogP contribution >= 0.6 is 0 Å². The quantitative estimate of drug-likeness (QED) is 0.250. The fourth-order valence-corrected chi connectivity index (χ4v) is 7.60. The van der Waals surface area contributed by atoms with Gasteiger partial charge in [-0.15, -0.1) is 10.2 Å². The molecule has 0 saturated heterocycles. The van der Waals surface area contributed by atoms with Gasteiger partial charge in [0.2, 0.25) is 15.8 Å². The summed E-state index contributed by atoms with van der Waals surface area (Å²) in [6.07, 6.45) is 0.440. The number of anilines is 1. The maximum absolute atomic E-state index is 13.3. The summed E-state index contributed by atoms with van der Waals surface area (Å²) in [6, 6.07) is 7.59. The highest BCUT2D eigenvalue weighted by atomic mass is 32.2. The number of nitrogen functional groups attached to an aromatic ring is 1. The Hall–Kier alpha value is -3.40. The summed E-state index contributed by atoms with van der Waals surface area (Å²) < 4.78 is 52.3. The van der Waals surface area contributed by atoms with E-state index in [-0.39, 0.29) is 36.2 Å². The topological polar surface area (TPSA) is 229 Å². The van der Waals surface area contributed by atoms with Crippen LogP contribution in [0.3, 0.4) is 0 Å². The van der Waals surface area contributed by atoms with E-state index in [9.17, 15) is 16.8 Å². The lowest BCUT2D eigenvalue weighted by Crippen LogP contribution is -2.45. The normalized spacial score (nSPS) is 19.0. The molecule has 15 heteroatoms. The number of aromatic amines is 2. The first kappa shape index (κ1) is 21.4. The van der Waals surface area contributed by atoms with Gasteiger partial charge in [-0.2, -0.15) is 5.21 Å². The number of primary sulfonamides is 1. The van der Waals surface area contributed by atoms with Crippen molar-refractivity contribution in [2.24, 2.45) is 10.9 Å². The van der Waals surface area contributed by atoms with Gasteiger partial charge >= 0.3 is 0 Å². The molecule has 8 N–H and O–H groups in total. The molecule has 1 aliphatic carbocycles. The van der Waals surface area contributed by atoms with E-state index in [0.717, 1.165) is 0 Å². The smallest absolute Gasteiger partial charge is 0.240 e. The average Bonchev–Trinajstić information content (AvgIpc) is 3.38. The van der Waals surface area contributed by atoms with Gasteiger partial charge in [0.25, 0.3) is 0 Å². The first-order chi connectivity index (χ1) is 15.6. The Bertz CT molecular complexity index is 1590. The Kier molecular flexibility index (Phi) is 4.75. The van der Waals surface area contributed by atoms with E-state index in [1.165, 1.54) is 12.1 Å². The lowest BCUT2D eigenvalue weighted by molar-refractivity contribution is 0.408. The molecule has 0 spiro atoms. The van der Waals surface area contributed by atoms with Crippen molar-refractivity contribution in [3.8, 4) is 22.5 Å². The van der Waals surface area contributed by atoms with Gasteiger partial charge in [0.05, 0.1) is 26.7 Å². The molecular formula is C18H19N9O4S2. The molecule has 5 rings (SSSR count). The van der Waals surface area contributed by atoms with Crippen molar-refractivity contribution in [2.45, 2.75) is 33.9 Å². The van der Waals surface area contributed by atoms with Crippen LogP contribution < -0.4 is 16.6 Å². The number of benzene rings is 2. The number of nitrogens with two attached hydrogens (primary N) is 3. The predicted molar refractivity (Wildman–Crippen MR) is 119 cm³/mol. The van der Waals surface area contributed by atoms with Crippen LogP contribution in [0.1, 0.15) is 12.8 Å². The summed E-state index contributed by atoms with van der Waals surface area (Å²) in [5.74, 6) is 0.0163. The largest absolute Gasteiger partial charge is 0.369 e. The molecule has 2 aromatic carbocycles. The van der Waals surface area contributed by atoms with E-state index in [1.54, 1.807) is 18.2 Å². The summed E-state index contributed by atoms with van der Waals surface area (Å²) in [4.78, 5) is 6.14. The third kappa shape index (κ3) is 3.45. The summed E-state index contributed by atoms with van der Waals surface area (Å²) in [5.41, 5.74) is 13.3. The van der Waals surface area contributed by atoms with Crippen LogP contribution in [0.2, 0.25) is 0 Å². The molecule has 33 heavy (non-hydrogen) atoms. The third-order valence-electron chi connectivity index (χ3n) is 5.67. The Morgan fingerprint density at radius 1 is 1.03 bits per heavy atom.